The van der Waals surface area contributed by atoms with Crippen molar-refractivity contribution in [3.63, 3.8) is 0 Å². The van der Waals surface area contributed by atoms with Crippen LogP contribution in [0.15, 0.2) is 54.9 Å². The molecular weight excluding hydrogens is 368 g/mol. The zero-order valence-corrected chi connectivity index (χ0v) is 16.5. The molecule has 4 rings (SSSR count). The van der Waals surface area contributed by atoms with Gasteiger partial charge in [0.1, 0.15) is 29.3 Å². The molecule has 1 aromatic heterocycles. The van der Waals surface area contributed by atoms with Crippen LogP contribution in [0.1, 0.15) is 23.0 Å². The lowest BCUT2D eigenvalue weighted by molar-refractivity contribution is 0.102. The minimum absolute atomic E-state index is 0.247. The lowest BCUT2D eigenvalue weighted by atomic mass is 10.1. The first-order valence-electron chi connectivity index (χ1n) is 9.33. The molecule has 0 bridgehead atoms. The number of carbonyl (C=O) groups excluding carboxylic acids is 1. The van der Waals surface area contributed by atoms with E-state index in [4.69, 9.17) is 9.47 Å². The summed E-state index contributed by atoms with van der Waals surface area (Å²) in [6, 6.07) is 15.4. The van der Waals surface area contributed by atoms with Crippen molar-refractivity contribution >= 4 is 23.1 Å². The van der Waals surface area contributed by atoms with E-state index < -0.39 is 0 Å². The highest BCUT2D eigenvalue weighted by Gasteiger charge is 2.28. The van der Waals surface area contributed by atoms with Crippen molar-refractivity contribution in [2.24, 2.45) is 0 Å². The summed E-state index contributed by atoms with van der Waals surface area (Å²) < 4.78 is 10.6. The van der Waals surface area contributed by atoms with E-state index in [0.717, 1.165) is 12.1 Å². The van der Waals surface area contributed by atoms with Gasteiger partial charge in [-0.1, -0.05) is 18.2 Å². The molecule has 3 aromatic rings. The summed E-state index contributed by atoms with van der Waals surface area (Å²) in [5.74, 6) is 1.50. The number of fused-ring (bicyclic) bond motifs is 1. The van der Waals surface area contributed by atoms with Gasteiger partial charge in [0, 0.05) is 23.9 Å². The molecule has 7 heteroatoms. The van der Waals surface area contributed by atoms with E-state index in [1.54, 1.807) is 38.5 Å². The molecular formula is C22H22N4O3. The Kier molecular flexibility index (Phi) is 5.03. The Labute approximate surface area is 169 Å². The zero-order valence-electron chi connectivity index (χ0n) is 16.5. The predicted molar refractivity (Wildman–Crippen MR) is 111 cm³/mol. The minimum atomic E-state index is -0.347. The number of aromatic nitrogens is 2. The summed E-state index contributed by atoms with van der Waals surface area (Å²) in [5.41, 5.74) is 3.17. The number of amides is 1. The highest BCUT2D eigenvalue weighted by atomic mass is 16.5. The van der Waals surface area contributed by atoms with Gasteiger partial charge < -0.3 is 19.7 Å². The first-order valence-corrected chi connectivity index (χ1v) is 9.33. The average Bonchev–Trinajstić information content (AvgIpc) is 3.09. The number of nitrogens with zero attached hydrogens (tertiary/aromatic N) is 3. The number of ether oxygens (including phenoxy) is 2. The van der Waals surface area contributed by atoms with Crippen molar-refractivity contribution in [1.29, 1.82) is 0 Å². The highest BCUT2D eigenvalue weighted by molar-refractivity contribution is 6.04. The van der Waals surface area contributed by atoms with Crippen LogP contribution in [0.4, 0.5) is 17.2 Å². The summed E-state index contributed by atoms with van der Waals surface area (Å²) in [6.07, 6.45) is 2.35. The number of methoxy groups -OCH3 is 2. The van der Waals surface area contributed by atoms with E-state index in [0.29, 0.717) is 23.0 Å². The number of nitrogens with one attached hydrogen (secondary N) is 1. The van der Waals surface area contributed by atoms with Crippen molar-refractivity contribution in [2.45, 2.75) is 19.4 Å². The number of para-hydroxylation sites is 1. The van der Waals surface area contributed by atoms with Gasteiger partial charge in [-0.3, -0.25) is 4.79 Å². The largest absolute Gasteiger partial charge is 0.497 e. The molecule has 2 heterocycles. The van der Waals surface area contributed by atoms with Crippen LogP contribution in [0.3, 0.4) is 0 Å². The Morgan fingerprint density at radius 1 is 1.10 bits per heavy atom. The third-order valence-electron chi connectivity index (χ3n) is 4.99. The number of benzene rings is 2. The molecule has 0 fully saturated rings. The van der Waals surface area contributed by atoms with Crippen LogP contribution in [0.2, 0.25) is 0 Å². The van der Waals surface area contributed by atoms with Crippen LogP contribution >= 0.6 is 0 Å². The third kappa shape index (κ3) is 3.59. The van der Waals surface area contributed by atoms with Gasteiger partial charge in [0.05, 0.1) is 19.9 Å². The second-order valence-electron chi connectivity index (χ2n) is 6.83. The van der Waals surface area contributed by atoms with Gasteiger partial charge in [-0.15, -0.1) is 0 Å². The summed E-state index contributed by atoms with van der Waals surface area (Å²) in [4.78, 5) is 23.6. The molecule has 1 N–H and O–H groups in total. The molecule has 0 aliphatic carbocycles. The molecule has 0 spiro atoms. The van der Waals surface area contributed by atoms with Gasteiger partial charge in [0.25, 0.3) is 5.91 Å². The predicted octanol–water partition coefficient (Wildman–Crippen LogP) is 3.83. The maximum Gasteiger partial charge on any atom is 0.274 e. The van der Waals surface area contributed by atoms with Gasteiger partial charge in [0.2, 0.25) is 0 Å². The first-order chi connectivity index (χ1) is 14.1. The van der Waals surface area contributed by atoms with Crippen LogP contribution in [-0.2, 0) is 6.42 Å². The Balaban J connectivity index is 1.62. The van der Waals surface area contributed by atoms with Crippen LogP contribution < -0.4 is 19.7 Å². The molecule has 0 saturated heterocycles. The molecule has 2 aromatic carbocycles. The van der Waals surface area contributed by atoms with Crippen LogP contribution in [-0.4, -0.2) is 36.1 Å². The van der Waals surface area contributed by atoms with E-state index in [-0.39, 0.29) is 17.6 Å². The topological polar surface area (TPSA) is 76.6 Å². The third-order valence-corrected chi connectivity index (χ3v) is 4.99. The monoisotopic (exact) mass is 390 g/mol. The van der Waals surface area contributed by atoms with E-state index in [2.05, 4.69) is 39.2 Å². The van der Waals surface area contributed by atoms with Crippen molar-refractivity contribution in [1.82, 2.24) is 9.97 Å². The van der Waals surface area contributed by atoms with Crippen LogP contribution in [0.25, 0.3) is 0 Å². The van der Waals surface area contributed by atoms with Gasteiger partial charge in [-0.25, -0.2) is 9.97 Å². The van der Waals surface area contributed by atoms with Gasteiger partial charge in [0.15, 0.2) is 0 Å². The lowest BCUT2D eigenvalue weighted by Crippen LogP contribution is -2.25. The quantitative estimate of drug-likeness (QED) is 0.714. The number of rotatable bonds is 5. The average molecular weight is 390 g/mol. The van der Waals surface area contributed by atoms with Crippen molar-refractivity contribution in [2.75, 3.05) is 24.4 Å². The standard InChI is InChI=1S/C22H22N4O3/c1-14-10-15-6-4-5-7-19(15)26(14)21-12-18(23-13-24-21)22(27)25-17-11-16(28-2)8-9-20(17)29-3/h4-9,11-14H,10H2,1-3H3,(H,25,27). The van der Waals surface area contributed by atoms with Crippen molar-refractivity contribution in [3.8, 4) is 11.5 Å². The van der Waals surface area contributed by atoms with Gasteiger partial charge in [-0.05, 0) is 37.1 Å². The fraction of sp³-hybridized carbons (Fsp3) is 0.227. The minimum Gasteiger partial charge on any atom is -0.497 e. The first kappa shape index (κ1) is 18.7. The van der Waals surface area contributed by atoms with Crippen molar-refractivity contribution < 1.29 is 14.3 Å². The molecule has 1 aliphatic rings. The van der Waals surface area contributed by atoms with Crippen LogP contribution in [0, 0.1) is 0 Å². The van der Waals surface area contributed by atoms with Gasteiger partial charge >= 0.3 is 0 Å². The molecule has 148 valence electrons. The molecule has 1 amide bonds. The Morgan fingerprint density at radius 3 is 2.72 bits per heavy atom. The summed E-state index contributed by atoms with van der Waals surface area (Å²) in [7, 11) is 3.12. The lowest BCUT2D eigenvalue weighted by Gasteiger charge is -2.23. The van der Waals surface area contributed by atoms with E-state index in [9.17, 15) is 4.79 Å². The number of hydrogen-bond donors (Lipinski definition) is 1. The Hall–Kier alpha value is -3.61. The van der Waals surface area contributed by atoms with Crippen LogP contribution in [0.5, 0.6) is 11.5 Å². The highest BCUT2D eigenvalue weighted by Crippen LogP contribution is 2.37. The zero-order chi connectivity index (χ0) is 20.4. The second-order valence-corrected chi connectivity index (χ2v) is 6.83. The van der Waals surface area contributed by atoms with E-state index >= 15 is 0 Å². The molecule has 1 unspecified atom stereocenters. The maximum atomic E-state index is 12.9. The van der Waals surface area contributed by atoms with Crippen molar-refractivity contribution in [3.05, 3.63) is 66.1 Å². The normalized spacial score (nSPS) is 15.0. The summed E-state index contributed by atoms with van der Waals surface area (Å²) >= 11 is 0. The second kappa shape index (κ2) is 7.79. The smallest absolute Gasteiger partial charge is 0.274 e. The summed E-state index contributed by atoms with van der Waals surface area (Å²) in [6.45, 7) is 2.14. The molecule has 7 nitrogen and oxygen atoms in total. The molecule has 1 aliphatic heterocycles. The summed E-state index contributed by atoms with van der Waals surface area (Å²) in [5, 5.41) is 2.85. The fourth-order valence-electron chi connectivity index (χ4n) is 3.62. The number of hydrogen-bond acceptors (Lipinski definition) is 6. The Morgan fingerprint density at radius 2 is 1.93 bits per heavy atom. The maximum absolute atomic E-state index is 12.9. The van der Waals surface area contributed by atoms with E-state index in [1.165, 1.54) is 11.9 Å². The molecule has 1 atom stereocenters. The molecule has 29 heavy (non-hydrogen) atoms. The number of anilines is 3. The number of carbonyl (C=O) groups is 1. The molecule has 0 saturated carbocycles. The Bertz CT molecular complexity index is 1050. The fourth-order valence-corrected chi connectivity index (χ4v) is 3.62. The van der Waals surface area contributed by atoms with Gasteiger partial charge in [-0.2, -0.15) is 0 Å². The SMILES string of the molecule is COc1ccc(OC)c(NC(=O)c2cc(N3c4ccccc4CC3C)ncn2)c1. The van der Waals surface area contributed by atoms with E-state index in [1.807, 2.05) is 12.1 Å². The molecule has 0 radical (unpaired) electrons.